The number of methoxy groups -OCH3 is 3. The normalized spacial score (nSPS) is 8.80. The maximum Gasteiger partial charge on any atom is 0.240 e. The van der Waals surface area contributed by atoms with Crippen molar-refractivity contribution in [2.24, 2.45) is 0 Å². The molecule has 1 aromatic heterocycles. The summed E-state index contributed by atoms with van der Waals surface area (Å²) in [6, 6.07) is 1.55. The van der Waals surface area contributed by atoms with Gasteiger partial charge in [-0.2, -0.15) is 4.98 Å². The van der Waals surface area contributed by atoms with Crippen molar-refractivity contribution in [2.75, 3.05) is 39.9 Å². The summed E-state index contributed by atoms with van der Waals surface area (Å²) >= 11 is 0. The number of nitrogen functional groups attached to an aromatic ring is 2. The fourth-order valence-corrected chi connectivity index (χ4v) is 0.839. The first-order valence-electron chi connectivity index (χ1n) is 4.14. The van der Waals surface area contributed by atoms with Crippen molar-refractivity contribution in [3.63, 3.8) is 0 Å². The lowest BCUT2D eigenvalue weighted by Gasteiger charge is -2.07. The number of anilines is 2. The Labute approximate surface area is 89.1 Å². The molecule has 0 unspecified atom stereocenters. The SMILES string of the molecule is COC.COc1nc(OC)c(N)cc1N. The molecule has 4 N–H and O–H groups in total. The zero-order valence-electron chi connectivity index (χ0n) is 9.40. The number of hydrogen-bond donors (Lipinski definition) is 2. The van der Waals surface area contributed by atoms with Gasteiger partial charge in [-0.15, -0.1) is 0 Å². The quantitative estimate of drug-likeness (QED) is 0.747. The van der Waals surface area contributed by atoms with E-state index in [1.54, 1.807) is 20.3 Å². The second-order valence-corrected chi connectivity index (χ2v) is 2.59. The first-order chi connectivity index (χ1) is 7.10. The highest BCUT2D eigenvalue weighted by molar-refractivity contribution is 5.62. The molecule has 6 nitrogen and oxygen atoms in total. The highest BCUT2D eigenvalue weighted by atomic mass is 16.5. The van der Waals surface area contributed by atoms with Crippen LogP contribution in [0.5, 0.6) is 11.8 Å². The molecule has 86 valence electrons. The molecule has 0 bridgehead atoms. The summed E-state index contributed by atoms with van der Waals surface area (Å²) in [5.41, 5.74) is 11.9. The summed E-state index contributed by atoms with van der Waals surface area (Å²) in [6.45, 7) is 0. The molecular weight excluding hydrogens is 198 g/mol. The van der Waals surface area contributed by atoms with Gasteiger partial charge >= 0.3 is 0 Å². The van der Waals surface area contributed by atoms with Crippen LogP contribution in [0.15, 0.2) is 6.07 Å². The Hall–Kier alpha value is -1.69. The number of rotatable bonds is 2. The van der Waals surface area contributed by atoms with Gasteiger partial charge in [-0.05, 0) is 6.07 Å². The van der Waals surface area contributed by atoms with Crippen LogP contribution in [-0.2, 0) is 4.74 Å². The van der Waals surface area contributed by atoms with Crippen molar-refractivity contribution >= 4 is 11.4 Å². The van der Waals surface area contributed by atoms with Crippen LogP contribution in [0.4, 0.5) is 11.4 Å². The van der Waals surface area contributed by atoms with Crippen LogP contribution >= 0.6 is 0 Å². The van der Waals surface area contributed by atoms with E-state index in [-0.39, 0.29) is 0 Å². The van der Waals surface area contributed by atoms with E-state index in [9.17, 15) is 0 Å². The van der Waals surface area contributed by atoms with Crippen LogP contribution in [0.1, 0.15) is 0 Å². The number of pyridine rings is 1. The molecule has 0 aliphatic rings. The topological polar surface area (TPSA) is 92.6 Å². The van der Waals surface area contributed by atoms with Crippen LogP contribution < -0.4 is 20.9 Å². The van der Waals surface area contributed by atoms with Gasteiger partial charge in [-0.1, -0.05) is 0 Å². The molecular formula is C9H17N3O3. The third-order valence-electron chi connectivity index (χ3n) is 1.39. The maximum atomic E-state index is 5.53. The molecule has 0 saturated heterocycles. The minimum absolute atomic E-state index is 0.320. The summed E-state index contributed by atoms with van der Waals surface area (Å²) < 4.78 is 14.0. The minimum Gasteiger partial charge on any atom is -0.479 e. The van der Waals surface area contributed by atoms with E-state index in [1.165, 1.54) is 14.2 Å². The molecule has 0 spiro atoms. The van der Waals surface area contributed by atoms with Gasteiger partial charge in [0.1, 0.15) is 0 Å². The van der Waals surface area contributed by atoms with Crippen molar-refractivity contribution in [2.45, 2.75) is 0 Å². The fraction of sp³-hybridized carbons (Fsp3) is 0.444. The number of nitrogens with zero attached hydrogens (tertiary/aromatic N) is 1. The van der Waals surface area contributed by atoms with E-state index in [1.807, 2.05) is 0 Å². The smallest absolute Gasteiger partial charge is 0.240 e. The lowest BCUT2D eigenvalue weighted by molar-refractivity contribution is 0.277. The zero-order chi connectivity index (χ0) is 11.8. The van der Waals surface area contributed by atoms with E-state index < -0.39 is 0 Å². The van der Waals surface area contributed by atoms with Crippen LogP contribution in [-0.4, -0.2) is 33.4 Å². The predicted octanol–water partition coefficient (Wildman–Crippen LogP) is 0.526. The second-order valence-electron chi connectivity index (χ2n) is 2.59. The first kappa shape index (κ1) is 13.3. The molecule has 0 aromatic carbocycles. The van der Waals surface area contributed by atoms with Gasteiger partial charge in [0, 0.05) is 14.2 Å². The number of ether oxygens (including phenoxy) is 3. The third kappa shape index (κ3) is 3.90. The lowest BCUT2D eigenvalue weighted by Crippen LogP contribution is -2.01. The molecule has 1 rings (SSSR count). The van der Waals surface area contributed by atoms with Crippen LogP contribution in [0, 0.1) is 0 Å². The molecule has 15 heavy (non-hydrogen) atoms. The van der Waals surface area contributed by atoms with Crippen LogP contribution in [0.3, 0.4) is 0 Å². The molecule has 1 aromatic rings. The van der Waals surface area contributed by atoms with E-state index in [2.05, 4.69) is 9.72 Å². The summed E-state index contributed by atoms with van der Waals surface area (Å²) in [6.07, 6.45) is 0. The van der Waals surface area contributed by atoms with Crippen molar-refractivity contribution in [3.8, 4) is 11.8 Å². The molecule has 0 aliphatic carbocycles. The third-order valence-corrected chi connectivity index (χ3v) is 1.39. The van der Waals surface area contributed by atoms with Crippen LogP contribution in [0.25, 0.3) is 0 Å². The molecule has 0 fully saturated rings. The van der Waals surface area contributed by atoms with Crippen molar-refractivity contribution < 1.29 is 14.2 Å². The maximum absolute atomic E-state index is 5.53. The van der Waals surface area contributed by atoms with Crippen molar-refractivity contribution in [1.29, 1.82) is 0 Å². The largest absolute Gasteiger partial charge is 0.479 e. The van der Waals surface area contributed by atoms with Crippen LogP contribution in [0.2, 0.25) is 0 Å². The molecule has 1 heterocycles. The Kier molecular flexibility index (Phi) is 5.96. The van der Waals surface area contributed by atoms with Gasteiger partial charge in [0.05, 0.1) is 25.6 Å². The van der Waals surface area contributed by atoms with Crippen molar-refractivity contribution in [1.82, 2.24) is 4.98 Å². The Morgan fingerprint density at radius 1 is 0.933 bits per heavy atom. The fourth-order valence-electron chi connectivity index (χ4n) is 0.839. The summed E-state index contributed by atoms with van der Waals surface area (Å²) in [5, 5.41) is 0. The molecule has 0 amide bonds. The monoisotopic (exact) mass is 215 g/mol. The molecule has 0 aliphatic heterocycles. The van der Waals surface area contributed by atoms with E-state index in [4.69, 9.17) is 20.9 Å². The average molecular weight is 215 g/mol. The molecule has 0 atom stereocenters. The van der Waals surface area contributed by atoms with E-state index >= 15 is 0 Å². The Balaban J connectivity index is 0.000000583. The van der Waals surface area contributed by atoms with Gasteiger partial charge < -0.3 is 25.7 Å². The van der Waals surface area contributed by atoms with E-state index in [0.717, 1.165) is 0 Å². The number of aromatic nitrogens is 1. The first-order valence-corrected chi connectivity index (χ1v) is 4.14. The highest BCUT2D eigenvalue weighted by Gasteiger charge is 2.07. The molecule has 0 radical (unpaired) electrons. The average Bonchev–Trinajstić information content (AvgIpc) is 2.19. The van der Waals surface area contributed by atoms with Gasteiger partial charge in [-0.25, -0.2) is 0 Å². The Morgan fingerprint density at radius 2 is 1.27 bits per heavy atom. The van der Waals surface area contributed by atoms with Gasteiger partial charge in [-0.3, -0.25) is 0 Å². The Bertz CT molecular complexity index is 280. The van der Waals surface area contributed by atoms with Gasteiger partial charge in [0.25, 0.3) is 0 Å². The molecule has 6 heteroatoms. The molecule has 0 saturated carbocycles. The highest BCUT2D eigenvalue weighted by Crippen LogP contribution is 2.27. The zero-order valence-corrected chi connectivity index (χ0v) is 9.40. The number of hydrogen-bond acceptors (Lipinski definition) is 6. The standard InChI is InChI=1S/C7H11N3O2.C2H6O/c1-11-6-4(8)3-5(9)7(10-6)12-2;1-3-2/h3H,8-9H2,1-2H3;1-2H3. The second kappa shape index (κ2) is 6.72. The lowest BCUT2D eigenvalue weighted by atomic mass is 10.3. The Morgan fingerprint density at radius 3 is 1.53 bits per heavy atom. The number of nitrogens with two attached hydrogens (primary N) is 2. The summed E-state index contributed by atoms with van der Waals surface area (Å²) in [7, 11) is 6.21. The van der Waals surface area contributed by atoms with Gasteiger partial charge in [0.2, 0.25) is 11.8 Å². The van der Waals surface area contributed by atoms with E-state index in [0.29, 0.717) is 23.1 Å². The summed E-state index contributed by atoms with van der Waals surface area (Å²) in [4.78, 5) is 3.91. The van der Waals surface area contributed by atoms with Gasteiger partial charge in [0.15, 0.2) is 0 Å². The predicted molar refractivity (Wildman–Crippen MR) is 59.1 cm³/mol. The summed E-state index contributed by atoms with van der Waals surface area (Å²) in [5.74, 6) is 0.641. The minimum atomic E-state index is 0.320. The van der Waals surface area contributed by atoms with Crippen molar-refractivity contribution in [3.05, 3.63) is 6.07 Å².